The predicted molar refractivity (Wildman–Crippen MR) is 59.7 cm³/mol. The lowest BCUT2D eigenvalue weighted by molar-refractivity contribution is 0.196. The Balaban J connectivity index is 0.000000146. The first-order valence-corrected chi connectivity index (χ1v) is 5.17. The van der Waals surface area contributed by atoms with Crippen molar-refractivity contribution in [2.75, 3.05) is 13.1 Å². The molecule has 2 nitrogen and oxygen atoms in total. The van der Waals surface area contributed by atoms with Gasteiger partial charge in [0.05, 0.1) is 6.10 Å². The second-order valence-electron chi connectivity index (χ2n) is 3.44. The average molecular weight is 214 g/mol. The minimum atomic E-state index is -0.0648. The summed E-state index contributed by atoms with van der Waals surface area (Å²) in [5.41, 5.74) is 1.24. The van der Waals surface area contributed by atoms with Gasteiger partial charge in [0.15, 0.2) is 0 Å². The smallest absolute Gasteiger partial charge is 0.0676 e. The number of aliphatic hydroxyl groups excluding tert-OH is 1. The Hall–Kier alpha value is -0.570. The van der Waals surface area contributed by atoms with Crippen molar-refractivity contribution in [3.63, 3.8) is 0 Å². The topological polar surface area (TPSA) is 32.3 Å². The zero-order chi connectivity index (χ0) is 10.4. The van der Waals surface area contributed by atoms with Gasteiger partial charge in [-0.3, -0.25) is 0 Å². The van der Waals surface area contributed by atoms with E-state index in [1.807, 2.05) is 31.2 Å². The van der Waals surface area contributed by atoms with Crippen LogP contribution in [0.5, 0.6) is 0 Å². The first-order valence-electron chi connectivity index (χ1n) is 4.79. The number of hydrogen-bond acceptors (Lipinski definition) is 2. The van der Waals surface area contributed by atoms with Crippen LogP contribution in [-0.4, -0.2) is 24.3 Å². The molecule has 1 fully saturated rings. The molecule has 0 bridgehead atoms. The molecule has 1 heterocycles. The molecule has 78 valence electrons. The van der Waals surface area contributed by atoms with E-state index in [9.17, 15) is 0 Å². The number of rotatable bonds is 0. The van der Waals surface area contributed by atoms with Crippen LogP contribution < -0.4 is 5.32 Å². The van der Waals surface area contributed by atoms with Crippen molar-refractivity contribution in [3.05, 3.63) is 34.9 Å². The van der Waals surface area contributed by atoms with Crippen molar-refractivity contribution >= 4 is 11.6 Å². The maximum Gasteiger partial charge on any atom is 0.0676 e. The van der Waals surface area contributed by atoms with Gasteiger partial charge in [-0.25, -0.2) is 0 Å². The first kappa shape index (κ1) is 11.5. The van der Waals surface area contributed by atoms with E-state index in [1.54, 1.807) is 0 Å². The molecule has 0 amide bonds. The highest BCUT2D eigenvalue weighted by atomic mass is 35.5. The van der Waals surface area contributed by atoms with Gasteiger partial charge in [-0.1, -0.05) is 29.3 Å². The maximum atomic E-state index is 8.67. The lowest BCUT2D eigenvalue weighted by Crippen LogP contribution is -2.11. The fraction of sp³-hybridized carbons (Fsp3) is 0.455. The quantitative estimate of drug-likeness (QED) is 0.691. The Morgan fingerprint density at radius 3 is 2.29 bits per heavy atom. The van der Waals surface area contributed by atoms with Gasteiger partial charge >= 0.3 is 0 Å². The molecule has 1 aliphatic heterocycles. The van der Waals surface area contributed by atoms with Crippen molar-refractivity contribution in [2.24, 2.45) is 0 Å². The lowest BCUT2D eigenvalue weighted by Gasteiger charge is -1.90. The minimum Gasteiger partial charge on any atom is -0.392 e. The van der Waals surface area contributed by atoms with Crippen LogP contribution in [0.4, 0.5) is 0 Å². The summed E-state index contributed by atoms with van der Waals surface area (Å²) in [6, 6.07) is 7.75. The monoisotopic (exact) mass is 213 g/mol. The van der Waals surface area contributed by atoms with Gasteiger partial charge in [-0.15, -0.1) is 0 Å². The predicted octanol–water partition coefficient (Wildman–Crippen LogP) is 1.99. The third-order valence-corrected chi connectivity index (χ3v) is 2.30. The van der Waals surface area contributed by atoms with E-state index >= 15 is 0 Å². The summed E-state index contributed by atoms with van der Waals surface area (Å²) in [5.74, 6) is 0. The first-order chi connectivity index (χ1) is 6.68. The van der Waals surface area contributed by atoms with E-state index in [1.165, 1.54) is 5.56 Å². The zero-order valence-corrected chi connectivity index (χ0v) is 9.09. The van der Waals surface area contributed by atoms with Crippen molar-refractivity contribution in [2.45, 2.75) is 19.4 Å². The number of aryl methyl sites for hydroxylation is 1. The highest BCUT2D eigenvalue weighted by Crippen LogP contribution is 2.07. The number of halogens is 1. The Morgan fingerprint density at radius 2 is 2.00 bits per heavy atom. The molecular weight excluding hydrogens is 198 g/mol. The van der Waals surface area contributed by atoms with E-state index in [0.717, 1.165) is 24.5 Å². The Kier molecular flexibility index (Phi) is 4.94. The third kappa shape index (κ3) is 4.61. The van der Waals surface area contributed by atoms with Crippen LogP contribution in [-0.2, 0) is 0 Å². The second kappa shape index (κ2) is 6.02. The molecule has 0 aliphatic carbocycles. The molecule has 0 aromatic heterocycles. The molecule has 1 aromatic carbocycles. The molecular formula is C11H16ClNO. The fourth-order valence-corrected chi connectivity index (χ4v) is 1.30. The van der Waals surface area contributed by atoms with Crippen LogP contribution in [0.3, 0.4) is 0 Å². The van der Waals surface area contributed by atoms with Crippen molar-refractivity contribution in [1.29, 1.82) is 0 Å². The Bertz CT molecular complexity index is 233. The van der Waals surface area contributed by atoms with E-state index < -0.39 is 0 Å². The molecule has 3 heteroatoms. The summed E-state index contributed by atoms with van der Waals surface area (Å²) in [6.07, 6.45) is 0.866. The van der Waals surface area contributed by atoms with Crippen molar-refractivity contribution < 1.29 is 5.11 Å². The molecule has 1 aliphatic rings. The number of benzene rings is 1. The average Bonchev–Trinajstić information content (AvgIpc) is 2.63. The molecule has 1 aromatic rings. The van der Waals surface area contributed by atoms with Gasteiger partial charge in [0.1, 0.15) is 0 Å². The summed E-state index contributed by atoms with van der Waals surface area (Å²) in [5, 5.41) is 12.5. The van der Waals surface area contributed by atoms with E-state index in [4.69, 9.17) is 16.7 Å². The maximum absolute atomic E-state index is 8.67. The molecule has 1 saturated heterocycles. The fourth-order valence-electron chi connectivity index (χ4n) is 1.17. The normalized spacial score (nSPS) is 20.1. The van der Waals surface area contributed by atoms with E-state index in [2.05, 4.69) is 5.32 Å². The SMILES string of the molecule is Cc1ccc(Cl)cc1.OC1CCNC1. The minimum absolute atomic E-state index is 0.0648. The summed E-state index contributed by atoms with van der Waals surface area (Å²) < 4.78 is 0. The number of β-amino-alcohol motifs (C(OH)–C–C–N with tert-alkyl or cyclic N) is 1. The van der Waals surface area contributed by atoms with Gasteiger partial charge in [0, 0.05) is 11.6 Å². The molecule has 14 heavy (non-hydrogen) atoms. The van der Waals surface area contributed by atoms with Gasteiger partial charge in [-0.2, -0.15) is 0 Å². The Morgan fingerprint density at radius 1 is 1.36 bits per heavy atom. The molecule has 1 atom stereocenters. The van der Waals surface area contributed by atoms with E-state index in [-0.39, 0.29) is 6.10 Å². The highest BCUT2D eigenvalue weighted by molar-refractivity contribution is 6.30. The summed E-state index contributed by atoms with van der Waals surface area (Å²) in [6.45, 7) is 3.82. The summed E-state index contributed by atoms with van der Waals surface area (Å²) >= 11 is 5.61. The van der Waals surface area contributed by atoms with Crippen LogP contribution in [0.1, 0.15) is 12.0 Å². The van der Waals surface area contributed by atoms with Crippen LogP contribution in [0.15, 0.2) is 24.3 Å². The third-order valence-electron chi connectivity index (χ3n) is 2.05. The summed E-state index contributed by atoms with van der Waals surface area (Å²) in [4.78, 5) is 0. The van der Waals surface area contributed by atoms with Gasteiger partial charge in [0.2, 0.25) is 0 Å². The second-order valence-corrected chi connectivity index (χ2v) is 3.88. The van der Waals surface area contributed by atoms with Crippen LogP contribution in [0, 0.1) is 6.92 Å². The van der Waals surface area contributed by atoms with Crippen LogP contribution in [0.2, 0.25) is 5.02 Å². The standard InChI is InChI=1S/C7H7Cl.C4H9NO/c1-6-2-4-7(8)5-3-6;6-4-1-2-5-3-4/h2-5H,1H3;4-6H,1-3H2. The molecule has 0 radical (unpaired) electrons. The summed E-state index contributed by atoms with van der Waals surface area (Å²) in [7, 11) is 0. The Labute approximate surface area is 89.9 Å². The largest absolute Gasteiger partial charge is 0.392 e. The lowest BCUT2D eigenvalue weighted by atomic mass is 10.2. The molecule has 0 saturated carbocycles. The zero-order valence-electron chi connectivity index (χ0n) is 8.33. The molecule has 0 spiro atoms. The number of aliphatic hydroxyl groups is 1. The highest BCUT2D eigenvalue weighted by Gasteiger charge is 2.08. The molecule has 1 unspecified atom stereocenters. The van der Waals surface area contributed by atoms with Gasteiger partial charge in [-0.05, 0) is 32.0 Å². The number of nitrogens with one attached hydrogen (secondary N) is 1. The number of hydrogen-bond donors (Lipinski definition) is 2. The van der Waals surface area contributed by atoms with Gasteiger partial charge < -0.3 is 10.4 Å². The van der Waals surface area contributed by atoms with E-state index in [0.29, 0.717) is 0 Å². The molecule has 2 rings (SSSR count). The van der Waals surface area contributed by atoms with Crippen LogP contribution >= 0.6 is 11.6 Å². The van der Waals surface area contributed by atoms with Gasteiger partial charge in [0.25, 0.3) is 0 Å². The van der Waals surface area contributed by atoms with Crippen LogP contribution in [0.25, 0.3) is 0 Å². The van der Waals surface area contributed by atoms with Crippen molar-refractivity contribution in [3.8, 4) is 0 Å². The van der Waals surface area contributed by atoms with Crippen molar-refractivity contribution in [1.82, 2.24) is 5.32 Å². The molecule has 2 N–H and O–H groups in total.